The standard InChI is InChI=1S/C11H12OS2/c1-3-7-6-14-11-9(13)5-4-8(12-2)10(7)11/h4-6,13H,3H2,1-2H3. The summed E-state index contributed by atoms with van der Waals surface area (Å²) in [5.41, 5.74) is 1.35. The molecule has 2 aromatic rings. The van der Waals surface area contributed by atoms with Gasteiger partial charge in [0.25, 0.3) is 0 Å². The molecule has 0 N–H and O–H groups in total. The number of thiophene rings is 1. The quantitative estimate of drug-likeness (QED) is 0.764. The average Bonchev–Trinajstić information content (AvgIpc) is 2.63. The normalized spacial score (nSPS) is 10.8. The predicted molar refractivity (Wildman–Crippen MR) is 65.0 cm³/mol. The molecule has 1 heterocycles. The van der Waals surface area contributed by atoms with Gasteiger partial charge in [0, 0.05) is 10.3 Å². The van der Waals surface area contributed by atoms with Gasteiger partial charge in [0.15, 0.2) is 0 Å². The highest BCUT2D eigenvalue weighted by Crippen LogP contribution is 2.37. The number of hydrogen-bond donors (Lipinski definition) is 1. The second kappa shape index (κ2) is 3.83. The zero-order chi connectivity index (χ0) is 10.1. The van der Waals surface area contributed by atoms with Gasteiger partial charge in [0.2, 0.25) is 0 Å². The molecule has 0 aliphatic carbocycles. The van der Waals surface area contributed by atoms with E-state index in [4.69, 9.17) is 4.74 Å². The highest BCUT2D eigenvalue weighted by atomic mass is 32.1. The van der Waals surface area contributed by atoms with Gasteiger partial charge in [-0.05, 0) is 29.5 Å². The van der Waals surface area contributed by atoms with Crippen LogP contribution in [-0.4, -0.2) is 7.11 Å². The Hall–Kier alpha value is -0.670. The maximum Gasteiger partial charge on any atom is 0.127 e. The summed E-state index contributed by atoms with van der Waals surface area (Å²) in [7, 11) is 1.71. The van der Waals surface area contributed by atoms with Crippen molar-refractivity contribution >= 4 is 34.1 Å². The van der Waals surface area contributed by atoms with Gasteiger partial charge >= 0.3 is 0 Å². The van der Waals surface area contributed by atoms with E-state index in [0.29, 0.717) is 0 Å². The third-order valence-electron chi connectivity index (χ3n) is 2.34. The van der Waals surface area contributed by atoms with Gasteiger partial charge in [-0.3, -0.25) is 0 Å². The Balaban J connectivity index is 2.82. The highest BCUT2D eigenvalue weighted by molar-refractivity contribution is 7.80. The van der Waals surface area contributed by atoms with Crippen molar-refractivity contribution in [2.45, 2.75) is 18.2 Å². The van der Waals surface area contributed by atoms with E-state index in [-0.39, 0.29) is 0 Å². The molecule has 0 saturated heterocycles. The summed E-state index contributed by atoms with van der Waals surface area (Å²) in [4.78, 5) is 1.03. The van der Waals surface area contributed by atoms with E-state index in [9.17, 15) is 0 Å². The number of aryl methyl sites for hydroxylation is 1. The zero-order valence-corrected chi connectivity index (χ0v) is 9.91. The Kier molecular flexibility index (Phi) is 2.70. The number of thiol groups is 1. The molecule has 1 nitrogen and oxygen atoms in total. The maximum atomic E-state index is 5.36. The van der Waals surface area contributed by atoms with E-state index in [1.54, 1.807) is 18.4 Å². The first kappa shape index (κ1) is 9.87. The van der Waals surface area contributed by atoms with Crippen molar-refractivity contribution in [2.24, 2.45) is 0 Å². The summed E-state index contributed by atoms with van der Waals surface area (Å²) < 4.78 is 6.58. The number of rotatable bonds is 2. The van der Waals surface area contributed by atoms with E-state index in [2.05, 4.69) is 24.9 Å². The van der Waals surface area contributed by atoms with Crippen molar-refractivity contribution in [3.8, 4) is 5.75 Å². The molecule has 0 unspecified atom stereocenters. The van der Waals surface area contributed by atoms with Crippen LogP contribution in [0.2, 0.25) is 0 Å². The lowest BCUT2D eigenvalue weighted by Gasteiger charge is -2.04. The SMILES string of the molecule is CCc1csc2c(S)ccc(OC)c12. The molecule has 3 heteroatoms. The molecule has 74 valence electrons. The second-order valence-corrected chi connectivity index (χ2v) is 4.47. The van der Waals surface area contributed by atoms with Crippen LogP contribution in [0, 0.1) is 0 Å². The lowest BCUT2D eigenvalue weighted by molar-refractivity contribution is 0.419. The Morgan fingerprint density at radius 3 is 2.86 bits per heavy atom. The molecule has 0 atom stereocenters. The first-order valence-electron chi connectivity index (χ1n) is 4.54. The Bertz CT molecular complexity index is 460. The smallest absolute Gasteiger partial charge is 0.127 e. The molecule has 0 spiro atoms. The van der Waals surface area contributed by atoms with Crippen molar-refractivity contribution in [1.29, 1.82) is 0 Å². The van der Waals surface area contributed by atoms with Gasteiger partial charge in [0.1, 0.15) is 5.75 Å². The predicted octanol–water partition coefficient (Wildman–Crippen LogP) is 3.76. The summed E-state index contributed by atoms with van der Waals surface area (Å²) in [6.45, 7) is 2.16. The van der Waals surface area contributed by atoms with Crippen LogP contribution in [0.5, 0.6) is 5.75 Å². The largest absolute Gasteiger partial charge is 0.496 e. The molecule has 1 aromatic carbocycles. The average molecular weight is 224 g/mol. The first-order valence-corrected chi connectivity index (χ1v) is 5.86. The van der Waals surface area contributed by atoms with Gasteiger partial charge in [-0.15, -0.1) is 24.0 Å². The number of ether oxygens (including phenoxy) is 1. The molecule has 0 fully saturated rings. The number of benzene rings is 1. The van der Waals surface area contributed by atoms with Gasteiger partial charge in [0.05, 0.1) is 11.8 Å². The lowest BCUT2D eigenvalue weighted by atomic mass is 10.1. The summed E-state index contributed by atoms with van der Waals surface area (Å²) in [5.74, 6) is 0.955. The number of hydrogen-bond acceptors (Lipinski definition) is 3. The Morgan fingerprint density at radius 2 is 2.21 bits per heavy atom. The second-order valence-electron chi connectivity index (χ2n) is 3.11. The zero-order valence-electron chi connectivity index (χ0n) is 8.20. The topological polar surface area (TPSA) is 9.23 Å². The molecule has 14 heavy (non-hydrogen) atoms. The maximum absolute atomic E-state index is 5.36. The minimum absolute atomic E-state index is 0.955. The molecule has 0 radical (unpaired) electrons. The highest BCUT2D eigenvalue weighted by Gasteiger charge is 2.10. The van der Waals surface area contributed by atoms with Crippen LogP contribution < -0.4 is 4.74 Å². The minimum atomic E-state index is 0.955. The molecule has 0 amide bonds. The van der Waals surface area contributed by atoms with Crippen LogP contribution in [-0.2, 0) is 6.42 Å². The van der Waals surface area contributed by atoms with Crippen molar-refractivity contribution in [3.63, 3.8) is 0 Å². The first-order chi connectivity index (χ1) is 6.77. The number of methoxy groups -OCH3 is 1. The molecule has 0 saturated carbocycles. The summed E-state index contributed by atoms with van der Waals surface area (Å²) in [6, 6.07) is 3.97. The van der Waals surface area contributed by atoms with E-state index < -0.39 is 0 Å². The summed E-state index contributed by atoms with van der Waals surface area (Å²) in [5, 5.41) is 3.42. The van der Waals surface area contributed by atoms with Gasteiger partial charge < -0.3 is 4.74 Å². The van der Waals surface area contributed by atoms with Gasteiger partial charge in [-0.25, -0.2) is 0 Å². The van der Waals surface area contributed by atoms with Gasteiger partial charge in [-0.1, -0.05) is 6.92 Å². The molecular formula is C11H12OS2. The van der Waals surface area contributed by atoms with Crippen molar-refractivity contribution < 1.29 is 4.74 Å². The minimum Gasteiger partial charge on any atom is -0.496 e. The summed E-state index contributed by atoms with van der Waals surface area (Å²) >= 11 is 6.18. The third kappa shape index (κ3) is 1.41. The van der Waals surface area contributed by atoms with E-state index >= 15 is 0 Å². The van der Waals surface area contributed by atoms with E-state index in [1.807, 2.05) is 12.1 Å². The monoisotopic (exact) mass is 224 g/mol. The Morgan fingerprint density at radius 1 is 1.43 bits per heavy atom. The lowest BCUT2D eigenvalue weighted by Crippen LogP contribution is -1.86. The fraction of sp³-hybridized carbons (Fsp3) is 0.273. The molecule has 0 aliphatic rings. The van der Waals surface area contributed by atoms with Crippen LogP contribution in [0.25, 0.3) is 10.1 Å². The van der Waals surface area contributed by atoms with E-state index in [1.165, 1.54) is 15.6 Å². The fourth-order valence-corrected chi connectivity index (χ4v) is 3.02. The number of fused-ring (bicyclic) bond motifs is 1. The van der Waals surface area contributed by atoms with E-state index in [0.717, 1.165) is 17.1 Å². The molecule has 0 bridgehead atoms. The third-order valence-corrected chi connectivity index (χ3v) is 3.93. The van der Waals surface area contributed by atoms with Crippen LogP contribution in [0.4, 0.5) is 0 Å². The van der Waals surface area contributed by atoms with Gasteiger partial charge in [-0.2, -0.15) is 0 Å². The van der Waals surface area contributed by atoms with Crippen LogP contribution in [0.1, 0.15) is 12.5 Å². The van der Waals surface area contributed by atoms with Crippen molar-refractivity contribution in [3.05, 3.63) is 23.1 Å². The molecular weight excluding hydrogens is 212 g/mol. The van der Waals surface area contributed by atoms with Crippen LogP contribution in [0.15, 0.2) is 22.4 Å². The molecule has 1 aromatic heterocycles. The van der Waals surface area contributed by atoms with Crippen LogP contribution in [0.3, 0.4) is 0 Å². The van der Waals surface area contributed by atoms with Crippen LogP contribution >= 0.6 is 24.0 Å². The van der Waals surface area contributed by atoms with Crippen molar-refractivity contribution in [1.82, 2.24) is 0 Å². The van der Waals surface area contributed by atoms with Crippen molar-refractivity contribution in [2.75, 3.05) is 7.11 Å². The Labute approximate surface area is 93.1 Å². The summed E-state index contributed by atoms with van der Waals surface area (Å²) in [6.07, 6.45) is 1.04. The molecule has 0 aliphatic heterocycles. The molecule has 2 rings (SSSR count). The fourth-order valence-electron chi connectivity index (χ4n) is 1.60.